The zero-order chi connectivity index (χ0) is 8.31. The van der Waals surface area contributed by atoms with Gasteiger partial charge in [0.1, 0.15) is 0 Å². The number of hydrogen-bond acceptors (Lipinski definition) is 4. The summed E-state index contributed by atoms with van der Waals surface area (Å²) in [6, 6.07) is -0.450. The molecule has 0 aliphatic rings. The minimum Gasteiger partial charge on any atom is -0.361 e. The highest BCUT2D eigenvalue weighted by Gasteiger charge is 2.20. The third kappa shape index (κ3) is 2.30. The quantitative estimate of drug-likeness (QED) is 0.265. The topological polar surface area (TPSA) is 81.0 Å². The zero-order valence-corrected chi connectivity index (χ0v) is 5.85. The van der Waals surface area contributed by atoms with Crippen molar-refractivity contribution in [1.82, 2.24) is 5.06 Å². The van der Waals surface area contributed by atoms with Gasteiger partial charge in [-0.2, -0.15) is 0 Å². The molecule has 5 nitrogen and oxygen atoms in total. The standard InChI is InChI=1S/C5H11NO4/c1-3(2)6(10)4(7)5(8)9/h3,5,8-10H,1-2H3. The van der Waals surface area contributed by atoms with Crippen LogP contribution >= 0.6 is 0 Å². The number of carbonyl (C=O) groups is 1. The van der Waals surface area contributed by atoms with Crippen molar-refractivity contribution in [2.45, 2.75) is 26.2 Å². The number of amides is 1. The molecule has 0 heterocycles. The van der Waals surface area contributed by atoms with Crippen LogP contribution in [0.5, 0.6) is 0 Å². The lowest BCUT2D eigenvalue weighted by atomic mass is 10.4. The SMILES string of the molecule is CC(C)N(O)C(=O)C(O)O. The van der Waals surface area contributed by atoms with Crippen LogP contribution in [-0.4, -0.2) is 38.7 Å². The predicted molar refractivity (Wildman–Crippen MR) is 32.0 cm³/mol. The third-order valence-corrected chi connectivity index (χ3v) is 0.936. The molecule has 0 fully saturated rings. The molecule has 0 aliphatic carbocycles. The van der Waals surface area contributed by atoms with Crippen molar-refractivity contribution >= 4 is 5.91 Å². The van der Waals surface area contributed by atoms with E-state index in [2.05, 4.69) is 0 Å². The minimum absolute atomic E-state index is 0.269. The summed E-state index contributed by atoms with van der Waals surface area (Å²) in [6.45, 7) is 3.08. The van der Waals surface area contributed by atoms with E-state index in [1.807, 2.05) is 0 Å². The average molecular weight is 149 g/mol. The molecular weight excluding hydrogens is 138 g/mol. The first-order valence-corrected chi connectivity index (χ1v) is 2.85. The first-order valence-electron chi connectivity index (χ1n) is 2.85. The molecule has 0 spiro atoms. The zero-order valence-electron chi connectivity index (χ0n) is 5.85. The molecule has 0 unspecified atom stereocenters. The van der Waals surface area contributed by atoms with Crippen molar-refractivity contribution in [3.8, 4) is 0 Å². The van der Waals surface area contributed by atoms with E-state index in [-0.39, 0.29) is 5.06 Å². The fourth-order valence-electron chi connectivity index (χ4n) is 0.373. The number of hydrogen-bond donors (Lipinski definition) is 3. The maximum Gasteiger partial charge on any atom is 0.302 e. The molecule has 1 amide bonds. The smallest absolute Gasteiger partial charge is 0.302 e. The molecule has 0 radical (unpaired) electrons. The van der Waals surface area contributed by atoms with Crippen molar-refractivity contribution in [2.75, 3.05) is 0 Å². The Morgan fingerprint density at radius 3 is 1.90 bits per heavy atom. The molecule has 3 N–H and O–H groups in total. The third-order valence-electron chi connectivity index (χ3n) is 0.936. The monoisotopic (exact) mass is 149 g/mol. The van der Waals surface area contributed by atoms with Crippen molar-refractivity contribution in [3.63, 3.8) is 0 Å². The minimum atomic E-state index is -2.13. The van der Waals surface area contributed by atoms with Gasteiger partial charge in [0.15, 0.2) is 0 Å². The largest absolute Gasteiger partial charge is 0.361 e. The van der Waals surface area contributed by atoms with E-state index in [9.17, 15) is 4.79 Å². The first-order chi connectivity index (χ1) is 4.46. The molecule has 5 heteroatoms. The van der Waals surface area contributed by atoms with E-state index in [0.717, 1.165) is 0 Å². The molecule has 0 aromatic heterocycles. The molecule has 0 aromatic carbocycles. The highest BCUT2D eigenvalue weighted by Crippen LogP contribution is 1.95. The Kier molecular flexibility index (Phi) is 3.27. The van der Waals surface area contributed by atoms with Crippen molar-refractivity contribution in [3.05, 3.63) is 0 Å². The Balaban J connectivity index is 3.95. The van der Waals surface area contributed by atoms with Crippen LogP contribution in [0.15, 0.2) is 0 Å². The summed E-state index contributed by atoms with van der Waals surface area (Å²) in [6.07, 6.45) is -2.13. The van der Waals surface area contributed by atoms with E-state index in [0.29, 0.717) is 0 Å². The maximum atomic E-state index is 10.5. The summed E-state index contributed by atoms with van der Waals surface area (Å²) < 4.78 is 0. The average Bonchev–Trinajstić information content (AvgIpc) is 1.84. The van der Waals surface area contributed by atoms with Gasteiger partial charge in [0, 0.05) is 0 Å². The second-order valence-corrected chi connectivity index (χ2v) is 2.15. The van der Waals surface area contributed by atoms with Crippen molar-refractivity contribution < 1.29 is 20.2 Å². The number of carbonyl (C=O) groups excluding carboxylic acids is 1. The fraction of sp³-hybridized carbons (Fsp3) is 0.800. The van der Waals surface area contributed by atoms with Crippen LogP contribution in [0, 0.1) is 0 Å². The number of aliphatic hydroxyl groups excluding tert-OH is 1. The van der Waals surface area contributed by atoms with E-state index in [4.69, 9.17) is 15.4 Å². The van der Waals surface area contributed by atoms with Gasteiger partial charge in [-0.1, -0.05) is 0 Å². The first kappa shape index (κ1) is 9.35. The van der Waals surface area contributed by atoms with Crippen LogP contribution in [0.2, 0.25) is 0 Å². The lowest BCUT2D eigenvalue weighted by molar-refractivity contribution is -0.198. The lowest BCUT2D eigenvalue weighted by Gasteiger charge is -2.19. The molecule has 0 bridgehead atoms. The molecule has 60 valence electrons. The summed E-state index contributed by atoms with van der Waals surface area (Å²) in [5.74, 6) is -1.12. The molecular formula is C5H11NO4. The van der Waals surface area contributed by atoms with Gasteiger partial charge in [-0.3, -0.25) is 10.0 Å². The number of nitrogens with zero attached hydrogens (tertiary/aromatic N) is 1. The Morgan fingerprint density at radius 2 is 1.80 bits per heavy atom. The Labute approximate surface area is 58.5 Å². The molecule has 0 saturated carbocycles. The van der Waals surface area contributed by atoms with E-state index in [1.54, 1.807) is 13.8 Å². The van der Waals surface area contributed by atoms with Gasteiger partial charge >= 0.3 is 5.91 Å². The summed E-state index contributed by atoms with van der Waals surface area (Å²) in [5, 5.41) is 25.5. The van der Waals surface area contributed by atoms with E-state index < -0.39 is 18.2 Å². The molecule has 10 heavy (non-hydrogen) atoms. The van der Waals surface area contributed by atoms with Gasteiger partial charge in [-0.05, 0) is 13.8 Å². The van der Waals surface area contributed by atoms with Crippen LogP contribution in [0.4, 0.5) is 0 Å². The highest BCUT2D eigenvalue weighted by molar-refractivity contribution is 5.78. The lowest BCUT2D eigenvalue weighted by Crippen LogP contribution is -2.40. The van der Waals surface area contributed by atoms with E-state index in [1.165, 1.54) is 0 Å². The van der Waals surface area contributed by atoms with Crippen LogP contribution in [0.3, 0.4) is 0 Å². The molecule has 0 saturated heterocycles. The molecule has 0 atom stereocenters. The van der Waals surface area contributed by atoms with Gasteiger partial charge in [0.05, 0.1) is 6.04 Å². The number of aliphatic hydroxyl groups is 2. The molecule has 0 aromatic rings. The van der Waals surface area contributed by atoms with Gasteiger partial charge < -0.3 is 10.2 Å². The molecule has 0 rings (SSSR count). The van der Waals surface area contributed by atoms with Gasteiger partial charge in [0.25, 0.3) is 0 Å². The maximum absolute atomic E-state index is 10.5. The van der Waals surface area contributed by atoms with Crippen molar-refractivity contribution in [1.29, 1.82) is 0 Å². The van der Waals surface area contributed by atoms with Crippen LogP contribution in [-0.2, 0) is 4.79 Å². The Morgan fingerprint density at radius 1 is 1.40 bits per heavy atom. The molecule has 0 aliphatic heterocycles. The Hall–Kier alpha value is -0.650. The van der Waals surface area contributed by atoms with E-state index >= 15 is 0 Å². The second kappa shape index (κ2) is 3.50. The summed E-state index contributed by atoms with van der Waals surface area (Å²) >= 11 is 0. The van der Waals surface area contributed by atoms with Crippen LogP contribution in [0.25, 0.3) is 0 Å². The highest BCUT2D eigenvalue weighted by atomic mass is 16.5. The fourth-order valence-corrected chi connectivity index (χ4v) is 0.373. The van der Waals surface area contributed by atoms with Crippen molar-refractivity contribution in [2.24, 2.45) is 0 Å². The van der Waals surface area contributed by atoms with Crippen LogP contribution in [0.1, 0.15) is 13.8 Å². The summed E-state index contributed by atoms with van der Waals surface area (Å²) in [7, 11) is 0. The second-order valence-electron chi connectivity index (χ2n) is 2.15. The van der Waals surface area contributed by atoms with Gasteiger partial charge in [-0.15, -0.1) is 0 Å². The number of rotatable bonds is 2. The summed E-state index contributed by atoms with van der Waals surface area (Å²) in [4.78, 5) is 10.5. The predicted octanol–water partition coefficient (Wildman–Crippen LogP) is -1.08. The summed E-state index contributed by atoms with van der Waals surface area (Å²) in [5.41, 5.74) is 0. The Bertz CT molecular complexity index is 123. The normalized spacial score (nSPS) is 10.7. The van der Waals surface area contributed by atoms with Crippen LogP contribution < -0.4 is 0 Å². The van der Waals surface area contributed by atoms with Gasteiger partial charge in [-0.25, -0.2) is 5.06 Å². The van der Waals surface area contributed by atoms with Gasteiger partial charge in [0.2, 0.25) is 6.29 Å². The number of hydroxylamine groups is 2.